The highest BCUT2D eigenvalue weighted by Gasteiger charge is 2.17. The second-order valence-electron chi connectivity index (χ2n) is 5.70. The Balaban J connectivity index is 1.93. The Labute approximate surface area is 143 Å². The average Bonchev–Trinajstić information content (AvgIpc) is 2.54. The summed E-state index contributed by atoms with van der Waals surface area (Å²) in [6.07, 6.45) is 1.18. The van der Waals surface area contributed by atoms with E-state index in [0.717, 1.165) is 11.1 Å². The van der Waals surface area contributed by atoms with E-state index in [-0.39, 0.29) is 19.0 Å². The van der Waals surface area contributed by atoms with Crippen molar-refractivity contribution in [2.24, 2.45) is 0 Å². The quantitative estimate of drug-likeness (QED) is 0.836. The standard InChI is InChI=1S/C18H22N2O3S/c1-15-8-10-17(11-9-15)18(21)19-12-13-20(24(2,22)23)14-16-6-4-3-5-7-16/h3-11H,12-14H2,1-2H3,(H,19,21). The average molecular weight is 346 g/mol. The third kappa shape index (κ3) is 5.47. The topological polar surface area (TPSA) is 66.5 Å². The maximum absolute atomic E-state index is 12.1. The van der Waals surface area contributed by atoms with Crippen molar-refractivity contribution in [1.82, 2.24) is 9.62 Å². The van der Waals surface area contributed by atoms with Crippen LogP contribution < -0.4 is 5.32 Å². The summed E-state index contributed by atoms with van der Waals surface area (Å²) in [7, 11) is -3.35. The molecule has 0 saturated carbocycles. The van der Waals surface area contributed by atoms with E-state index >= 15 is 0 Å². The maximum Gasteiger partial charge on any atom is 0.251 e. The van der Waals surface area contributed by atoms with E-state index in [1.165, 1.54) is 10.6 Å². The number of benzene rings is 2. The predicted molar refractivity (Wildman–Crippen MR) is 95.2 cm³/mol. The molecule has 0 saturated heterocycles. The molecule has 0 aliphatic heterocycles. The van der Waals surface area contributed by atoms with E-state index in [4.69, 9.17) is 0 Å². The number of nitrogens with one attached hydrogen (secondary N) is 1. The van der Waals surface area contributed by atoms with Crippen molar-refractivity contribution >= 4 is 15.9 Å². The lowest BCUT2D eigenvalue weighted by atomic mass is 10.1. The number of carbonyl (C=O) groups excluding carboxylic acids is 1. The molecule has 0 aliphatic rings. The lowest BCUT2D eigenvalue weighted by Gasteiger charge is -2.20. The summed E-state index contributed by atoms with van der Waals surface area (Å²) in [5, 5.41) is 2.76. The molecule has 0 heterocycles. The van der Waals surface area contributed by atoms with E-state index in [0.29, 0.717) is 12.1 Å². The molecule has 2 aromatic rings. The lowest BCUT2D eigenvalue weighted by Crippen LogP contribution is -2.37. The molecule has 1 N–H and O–H groups in total. The van der Waals surface area contributed by atoms with Crippen LogP contribution in [-0.4, -0.2) is 38.0 Å². The van der Waals surface area contributed by atoms with Gasteiger partial charge < -0.3 is 5.32 Å². The Morgan fingerprint density at radius 3 is 2.25 bits per heavy atom. The van der Waals surface area contributed by atoms with Gasteiger partial charge in [0.05, 0.1) is 6.26 Å². The minimum Gasteiger partial charge on any atom is -0.351 e. The van der Waals surface area contributed by atoms with Gasteiger partial charge in [-0.25, -0.2) is 8.42 Å². The van der Waals surface area contributed by atoms with Crippen LogP contribution in [0.3, 0.4) is 0 Å². The molecule has 0 fully saturated rings. The fourth-order valence-electron chi connectivity index (χ4n) is 2.25. The second-order valence-corrected chi connectivity index (χ2v) is 7.69. The second kappa shape index (κ2) is 8.08. The monoisotopic (exact) mass is 346 g/mol. The van der Waals surface area contributed by atoms with Crippen LogP contribution in [0.4, 0.5) is 0 Å². The minimum atomic E-state index is -3.35. The predicted octanol–water partition coefficient (Wildman–Crippen LogP) is 2.19. The Bertz CT molecular complexity index is 772. The highest BCUT2D eigenvalue weighted by molar-refractivity contribution is 7.88. The molecule has 0 aliphatic carbocycles. The Hall–Kier alpha value is -2.18. The minimum absolute atomic E-state index is 0.205. The molecule has 1 amide bonds. The largest absolute Gasteiger partial charge is 0.351 e. The zero-order chi connectivity index (χ0) is 17.6. The Kier molecular flexibility index (Phi) is 6.11. The smallest absolute Gasteiger partial charge is 0.251 e. The summed E-state index contributed by atoms with van der Waals surface area (Å²) >= 11 is 0. The molecule has 128 valence electrons. The van der Waals surface area contributed by atoms with E-state index in [1.807, 2.05) is 49.4 Å². The zero-order valence-electron chi connectivity index (χ0n) is 13.9. The highest BCUT2D eigenvalue weighted by atomic mass is 32.2. The zero-order valence-corrected chi connectivity index (χ0v) is 14.7. The number of aryl methyl sites for hydroxylation is 1. The number of hydrogen-bond donors (Lipinski definition) is 1. The molecule has 2 aromatic carbocycles. The summed E-state index contributed by atoms with van der Waals surface area (Å²) in [6.45, 7) is 2.73. The van der Waals surface area contributed by atoms with Crippen molar-refractivity contribution in [2.75, 3.05) is 19.3 Å². The van der Waals surface area contributed by atoms with Crippen LogP contribution in [-0.2, 0) is 16.6 Å². The third-order valence-electron chi connectivity index (χ3n) is 3.63. The molecule has 0 atom stereocenters. The van der Waals surface area contributed by atoms with Crippen molar-refractivity contribution in [3.05, 3.63) is 71.3 Å². The van der Waals surface area contributed by atoms with Crippen LogP contribution in [0.25, 0.3) is 0 Å². The van der Waals surface area contributed by atoms with E-state index < -0.39 is 10.0 Å². The van der Waals surface area contributed by atoms with Gasteiger partial charge in [0, 0.05) is 25.2 Å². The van der Waals surface area contributed by atoms with Crippen molar-refractivity contribution < 1.29 is 13.2 Å². The third-order valence-corrected chi connectivity index (χ3v) is 4.88. The first-order valence-electron chi connectivity index (χ1n) is 7.70. The fraction of sp³-hybridized carbons (Fsp3) is 0.278. The lowest BCUT2D eigenvalue weighted by molar-refractivity contribution is 0.0951. The van der Waals surface area contributed by atoms with E-state index in [9.17, 15) is 13.2 Å². The van der Waals surface area contributed by atoms with Gasteiger partial charge in [-0.15, -0.1) is 0 Å². The maximum atomic E-state index is 12.1. The van der Waals surface area contributed by atoms with E-state index in [1.54, 1.807) is 12.1 Å². The van der Waals surface area contributed by atoms with Gasteiger partial charge in [0.1, 0.15) is 0 Å². The van der Waals surface area contributed by atoms with Gasteiger partial charge in [-0.05, 0) is 24.6 Å². The van der Waals surface area contributed by atoms with Crippen LogP contribution in [0.1, 0.15) is 21.5 Å². The molecule has 0 unspecified atom stereocenters. The normalized spacial score (nSPS) is 11.5. The van der Waals surface area contributed by atoms with Crippen LogP contribution in [0.5, 0.6) is 0 Å². The first-order chi connectivity index (χ1) is 11.4. The van der Waals surface area contributed by atoms with Crippen LogP contribution in [0.15, 0.2) is 54.6 Å². The summed E-state index contributed by atoms with van der Waals surface area (Å²) in [5.41, 5.74) is 2.56. The number of hydrogen-bond acceptors (Lipinski definition) is 3. The van der Waals surface area contributed by atoms with Crippen LogP contribution in [0, 0.1) is 6.92 Å². The van der Waals surface area contributed by atoms with Gasteiger partial charge in [-0.3, -0.25) is 4.79 Å². The van der Waals surface area contributed by atoms with Gasteiger partial charge in [0.15, 0.2) is 0 Å². The van der Waals surface area contributed by atoms with Crippen molar-refractivity contribution in [2.45, 2.75) is 13.5 Å². The molecular weight excluding hydrogens is 324 g/mol. The Morgan fingerprint density at radius 1 is 1.04 bits per heavy atom. The van der Waals surface area contributed by atoms with Gasteiger partial charge in [0.25, 0.3) is 5.91 Å². The van der Waals surface area contributed by atoms with Gasteiger partial charge in [0.2, 0.25) is 10.0 Å². The first-order valence-corrected chi connectivity index (χ1v) is 9.55. The van der Waals surface area contributed by atoms with Crippen molar-refractivity contribution in [3.8, 4) is 0 Å². The summed E-state index contributed by atoms with van der Waals surface area (Å²) in [4.78, 5) is 12.1. The molecule has 2 rings (SSSR count). The highest BCUT2D eigenvalue weighted by Crippen LogP contribution is 2.08. The number of rotatable bonds is 7. The number of amides is 1. The van der Waals surface area contributed by atoms with Gasteiger partial charge >= 0.3 is 0 Å². The van der Waals surface area contributed by atoms with Crippen LogP contribution >= 0.6 is 0 Å². The van der Waals surface area contributed by atoms with Gasteiger partial charge in [-0.2, -0.15) is 4.31 Å². The van der Waals surface area contributed by atoms with Crippen molar-refractivity contribution in [1.29, 1.82) is 0 Å². The fourth-order valence-corrected chi connectivity index (χ4v) is 3.06. The summed E-state index contributed by atoms with van der Waals surface area (Å²) in [5.74, 6) is -0.205. The Morgan fingerprint density at radius 2 is 1.67 bits per heavy atom. The molecule has 0 bridgehead atoms. The SMILES string of the molecule is Cc1ccc(C(=O)NCCN(Cc2ccccc2)S(C)(=O)=O)cc1. The molecule has 0 aromatic heterocycles. The van der Waals surface area contributed by atoms with E-state index in [2.05, 4.69) is 5.32 Å². The molecule has 24 heavy (non-hydrogen) atoms. The summed E-state index contributed by atoms with van der Waals surface area (Å²) < 4.78 is 25.2. The molecule has 0 radical (unpaired) electrons. The molecular formula is C18H22N2O3S. The first kappa shape index (κ1) is 18.2. The molecule has 0 spiro atoms. The molecule has 6 heteroatoms. The molecule has 5 nitrogen and oxygen atoms in total. The number of carbonyl (C=O) groups is 1. The van der Waals surface area contributed by atoms with Gasteiger partial charge in [-0.1, -0.05) is 48.0 Å². The summed E-state index contributed by atoms with van der Waals surface area (Å²) in [6, 6.07) is 16.6. The van der Waals surface area contributed by atoms with Crippen LogP contribution in [0.2, 0.25) is 0 Å². The number of sulfonamides is 1. The van der Waals surface area contributed by atoms with Crippen molar-refractivity contribution in [3.63, 3.8) is 0 Å². The number of nitrogens with zero attached hydrogens (tertiary/aromatic N) is 1.